The van der Waals surface area contributed by atoms with E-state index in [2.05, 4.69) is 4.72 Å². The van der Waals surface area contributed by atoms with Crippen molar-refractivity contribution < 1.29 is 8.42 Å². The molecule has 0 heterocycles. The predicted molar refractivity (Wildman–Crippen MR) is 59.5 cm³/mol. The highest BCUT2D eigenvalue weighted by molar-refractivity contribution is 7.90. The van der Waals surface area contributed by atoms with E-state index in [0.717, 1.165) is 6.42 Å². The number of nitrogens with one attached hydrogen (secondary N) is 1. The lowest BCUT2D eigenvalue weighted by molar-refractivity contribution is 0.435. The van der Waals surface area contributed by atoms with Crippen LogP contribution in [-0.2, 0) is 10.0 Å². The van der Waals surface area contributed by atoms with Gasteiger partial charge in [-0.3, -0.25) is 0 Å². The maximum atomic E-state index is 11.6. The molecule has 0 radical (unpaired) electrons. The van der Waals surface area contributed by atoms with E-state index >= 15 is 0 Å². The van der Waals surface area contributed by atoms with E-state index in [-0.39, 0.29) is 12.6 Å². The molecule has 2 atom stereocenters. The van der Waals surface area contributed by atoms with E-state index in [0.29, 0.717) is 5.92 Å². The number of sulfonamides is 1. The number of rotatable bonds is 6. The summed E-state index contributed by atoms with van der Waals surface area (Å²) >= 11 is 0. The maximum absolute atomic E-state index is 11.6. The molecule has 4 nitrogen and oxygen atoms in total. The molecule has 0 aliphatic rings. The Morgan fingerprint density at radius 1 is 1.29 bits per heavy atom. The molecule has 0 aromatic carbocycles. The van der Waals surface area contributed by atoms with Crippen molar-refractivity contribution in [1.29, 1.82) is 0 Å². The van der Waals surface area contributed by atoms with Crippen LogP contribution in [-0.4, -0.2) is 26.3 Å². The van der Waals surface area contributed by atoms with E-state index in [4.69, 9.17) is 5.73 Å². The van der Waals surface area contributed by atoms with Gasteiger partial charge in [0.05, 0.1) is 5.25 Å². The summed E-state index contributed by atoms with van der Waals surface area (Å²) in [4.78, 5) is 0. The first kappa shape index (κ1) is 13.9. The molecule has 5 heteroatoms. The molecule has 86 valence electrons. The van der Waals surface area contributed by atoms with Crippen molar-refractivity contribution >= 4 is 10.0 Å². The molecule has 0 fully saturated rings. The lowest BCUT2D eigenvalue weighted by atomic mass is 10.0. The number of hydrogen-bond acceptors (Lipinski definition) is 3. The van der Waals surface area contributed by atoms with Gasteiger partial charge in [-0.25, -0.2) is 13.1 Å². The van der Waals surface area contributed by atoms with Gasteiger partial charge in [0.15, 0.2) is 0 Å². The lowest BCUT2D eigenvalue weighted by Gasteiger charge is -2.22. The highest BCUT2D eigenvalue weighted by Gasteiger charge is 2.23. The van der Waals surface area contributed by atoms with Crippen LogP contribution in [0, 0.1) is 5.92 Å². The zero-order valence-electron chi connectivity index (χ0n) is 9.45. The fourth-order valence-electron chi connectivity index (χ4n) is 1.14. The summed E-state index contributed by atoms with van der Waals surface area (Å²) in [6.07, 6.45) is 0.800. The maximum Gasteiger partial charge on any atom is 0.215 e. The van der Waals surface area contributed by atoms with Crippen molar-refractivity contribution in [3.63, 3.8) is 0 Å². The molecule has 0 aromatic heterocycles. The largest absolute Gasteiger partial charge is 0.329 e. The van der Waals surface area contributed by atoms with Crippen LogP contribution >= 0.6 is 0 Å². The van der Waals surface area contributed by atoms with Gasteiger partial charge in [0, 0.05) is 12.6 Å². The van der Waals surface area contributed by atoms with Crippen molar-refractivity contribution in [3.05, 3.63) is 0 Å². The van der Waals surface area contributed by atoms with E-state index in [1.165, 1.54) is 0 Å². The van der Waals surface area contributed by atoms with Crippen LogP contribution in [0.5, 0.6) is 0 Å². The molecule has 14 heavy (non-hydrogen) atoms. The summed E-state index contributed by atoms with van der Waals surface area (Å²) < 4.78 is 26.0. The van der Waals surface area contributed by atoms with Crippen LogP contribution < -0.4 is 10.5 Å². The Bertz CT molecular complexity index is 250. The first-order valence-electron chi connectivity index (χ1n) is 5.06. The van der Waals surface area contributed by atoms with Gasteiger partial charge in [-0.05, 0) is 19.3 Å². The van der Waals surface area contributed by atoms with E-state index in [1.54, 1.807) is 6.92 Å². The van der Waals surface area contributed by atoms with Gasteiger partial charge in [0.1, 0.15) is 0 Å². The van der Waals surface area contributed by atoms with Crippen LogP contribution in [0.4, 0.5) is 0 Å². The number of nitrogens with two attached hydrogens (primary N) is 1. The van der Waals surface area contributed by atoms with Crippen LogP contribution in [0.25, 0.3) is 0 Å². The Morgan fingerprint density at radius 2 is 1.79 bits per heavy atom. The molecule has 0 spiro atoms. The third kappa shape index (κ3) is 3.94. The first-order valence-corrected chi connectivity index (χ1v) is 6.61. The van der Waals surface area contributed by atoms with Crippen molar-refractivity contribution in [2.24, 2.45) is 11.7 Å². The third-order valence-electron chi connectivity index (χ3n) is 2.42. The summed E-state index contributed by atoms with van der Waals surface area (Å²) in [5, 5.41) is -0.518. The second kappa shape index (κ2) is 5.68. The predicted octanol–water partition coefficient (Wildman–Crippen LogP) is 0.688. The summed E-state index contributed by atoms with van der Waals surface area (Å²) in [5.74, 6) is 0.305. The zero-order valence-corrected chi connectivity index (χ0v) is 10.3. The van der Waals surface area contributed by atoms with Gasteiger partial charge in [-0.1, -0.05) is 20.8 Å². The molecule has 0 saturated heterocycles. The minimum absolute atomic E-state index is 0.00833. The van der Waals surface area contributed by atoms with Crippen molar-refractivity contribution in [1.82, 2.24) is 4.72 Å². The lowest BCUT2D eigenvalue weighted by Crippen LogP contribution is -2.44. The second-order valence-corrected chi connectivity index (χ2v) is 6.10. The van der Waals surface area contributed by atoms with E-state index in [1.807, 2.05) is 20.8 Å². The van der Waals surface area contributed by atoms with Gasteiger partial charge < -0.3 is 5.73 Å². The smallest absolute Gasteiger partial charge is 0.215 e. The van der Waals surface area contributed by atoms with Crippen molar-refractivity contribution in [2.75, 3.05) is 6.54 Å². The first-order chi connectivity index (χ1) is 6.35. The molecule has 0 aromatic rings. The summed E-state index contributed by atoms with van der Waals surface area (Å²) in [6, 6.07) is 0.00833. The molecule has 0 aliphatic heterocycles. The second-order valence-electron chi connectivity index (χ2n) is 3.97. The van der Waals surface area contributed by atoms with Gasteiger partial charge in [-0.15, -0.1) is 0 Å². The average Bonchev–Trinajstić information content (AvgIpc) is 2.12. The fraction of sp³-hybridized carbons (Fsp3) is 1.00. The summed E-state index contributed by atoms with van der Waals surface area (Å²) in [6.45, 7) is 7.76. The molecule has 2 unspecified atom stereocenters. The van der Waals surface area contributed by atoms with Crippen LogP contribution in [0.3, 0.4) is 0 Å². The minimum atomic E-state index is -3.24. The van der Waals surface area contributed by atoms with E-state index < -0.39 is 15.3 Å². The molecule has 0 saturated carbocycles. The van der Waals surface area contributed by atoms with Crippen LogP contribution in [0.15, 0.2) is 0 Å². The molecule has 3 N–H and O–H groups in total. The Hall–Kier alpha value is -0.130. The van der Waals surface area contributed by atoms with Crippen molar-refractivity contribution in [3.8, 4) is 0 Å². The Balaban J connectivity index is 4.48. The standard InChI is InChI=1S/C9H22N2O2S/c1-5-9(7(2)3)11-14(12,13)8(4)6-10/h7-9,11H,5-6,10H2,1-4H3. The third-order valence-corrected chi connectivity index (χ3v) is 4.31. The van der Waals surface area contributed by atoms with Gasteiger partial charge in [-0.2, -0.15) is 0 Å². The van der Waals surface area contributed by atoms with Crippen LogP contribution in [0.2, 0.25) is 0 Å². The highest BCUT2D eigenvalue weighted by atomic mass is 32.2. The average molecular weight is 222 g/mol. The summed E-state index contributed by atoms with van der Waals surface area (Å²) in [5.41, 5.74) is 5.33. The topological polar surface area (TPSA) is 72.2 Å². The quantitative estimate of drug-likeness (QED) is 0.694. The Labute approximate surface area is 87.3 Å². The monoisotopic (exact) mass is 222 g/mol. The van der Waals surface area contributed by atoms with E-state index in [9.17, 15) is 8.42 Å². The summed E-state index contributed by atoms with van der Waals surface area (Å²) in [7, 11) is -3.24. The van der Waals surface area contributed by atoms with Gasteiger partial charge >= 0.3 is 0 Å². The molecule has 0 aliphatic carbocycles. The molecular formula is C9H22N2O2S. The Morgan fingerprint density at radius 3 is 2.07 bits per heavy atom. The molecule has 0 rings (SSSR count). The molecule has 0 bridgehead atoms. The zero-order chi connectivity index (χ0) is 11.4. The molecule has 0 amide bonds. The van der Waals surface area contributed by atoms with Gasteiger partial charge in [0.25, 0.3) is 0 Å². The van der Waals surface area contributed by atoms with Crippen molar-refractivity contribution in [2.45, 2.75) is 45.4 Å². The van der Waals surface area contributed by atoms with Crippen LogP contribution in [0.1, 0.15) is 34.1 Å². The number of hydrogen-bond donors (Lipinski definition) is 2. The Kier molecular flexibility index (Phi) is 5.63. The normalized spacial score (nSPS) is 17.0. The fourth-order valence-corrected chi connectivity index (χ4v) is 2.49. The SMILES string of the molecule is CCC(NS(=O)(=O)C(C)CN)C(C)C. The molecular weight excluding hydrogens is 200 g/mol. The minimum Gasteiger partial charge on any atom is -0.329 e. The highest BCUT2D eigenvalue weighted by Crippen LogP contribution is 2.08. The van der Waals surface area contributed by atoms with Gasteiger partial charge in [0.2, 0.25) is 10.0 Å².